The third-order valence-electron chi connectivity index (χ3n) is 7.69. The van der Waals surface area contributed by atoms with Crippen molar-refractivity contribution < 1.29 is 18.7 Å². The Morgan fingerprint density at radius 3 is 2.14 bits per heavy atom. The molecule has 1 aliphatic heterocycles. The summed E-state index contributed by atoms with van der Waals surface area (Å²) in [7, 11) is 3.31. The monoisotopic (exact) mass is 581 g/mol. The van der Waals surface area contributed by atoms with Crippen LogP contribution in [-0.2, 0) is 4.79 Å². The van der Waals surface area contributed by atoms with Crippen LogP contribution in [0.4, 0.5) is 4.39 Å². The number of methoxy groups -OCH3 is 2. The van der Waals surface area contributed by atoms with Crippen molar-refractivity contribution in [3.63, 3.8) is 0 Å². The highest BCUT2D eigenvalue weighted by atomic mass is 19.1. The standard InChI is InChI=1S/C20H20O3.C14H16FN5/c1-22-19-7-3-14(4-8-19)16-11-17(13-18(21)12-16)15-5-9-20(23-2)10-6-15;15-12-4-6-13(7-5-12)20-14(16-17-18-20)8-11-19-9-2-1-3-10-19/h3-10,12,17H,11,13H2,1-2H3;4-8,11H,1-3,9-10H2/b;11-8+. The number of tetrazole rings is 1. The summed E-state index contributed by atoms with van der Waals surface area (Å²) in [5, 5.41) is 11.6. The van der Waals surface area contributed by atoms with Crippen molar-refractivity contribution in [2.45, 2.75) is 38.0 Å². The highest BCUT2D eigenvalue weighted by Crippen LogP contribution is 2.36. The van der Waals surface area contributed by atoms with Crippen LogP contribution in [0.3, 0.4) is 0 Å². The number of nitrogens with zero attached hydrogens (tertiary/aromatic N) is 5. The van der Waals surface area contributed by atoms with Gasteiger partial charge in [-0.2, -0.15) is 4.68 Å². The Balaban J connectivity index is 0.000000173. The maximum Gasteiger partial charge on any atom is 0.181 e. The molecular weight excluding hydrogens is 545 g/mol. The van der Waals surface area contributed by atoms with Crippen LogP contribution in [0.1, 0.15) is 55.0 Å². The number of carbonyl (C=O) groups is 1. The molecule has 8 nitrogen and oxygen atoms in total. The fraction of sp³-hybridized carbons (Fsp3) is 0.294. The third-order valence-corrected chi connectivity index (χ3v) is 7.69. The van der Waals surface area contributed by atoms with Crippen LogP contribution in [-0.4, -0.2) is 58.2 Å². The lowest BCUT2D eigenvalue weighted by Gasteiger charge is -2.24. The molecule has 1 aliphatic carbocycles. The predicted molar refractivity (Wildman–Crippen MR) is 165 cm³/mol. The van der Waals surface area contributed by atoms with Crippen LogP contribution in [0.5, 0.6) is 11.5 Å². The SMILES string of the molecule is COc1ccc(C2=CC(=O)CC(c3ccc(OC)cc3)C2)cc1.Fc1ccc(-n2nnnc2/C=C/N2CCCCC2)cc1. The second-order valence-corrected chi connectivity index (χ2v) is 10.6. The molecule has 1 fully saturated rings. The summed E-state index contributed by atoms with van der Waals surface area (Å²) in [6.07, 6.45) is 10.9. The first-order valence-electron chi connectivity index (χ1n) is 14.5. The van der Waals surface area contributed by atoms with Gasteiger partial charge in [0, 0.05) is 31.8 Å². The molecule has 9 heteroatoms. The van der Waals surface area contributed by atoms with E-state index in [4.69, 9.17) is 9.47 Å². The maximum atomic E-state index is 12.9. The molecule has 0 N–H and O–H groups in total. The second kappa shape index (κ2) is 14.4. The van der Waals surface area contributed by atoms with Gasteiger partial charge >= 0.3 is 0 Å². The molecule has 1 aromatic heterocycles. The van der Waals surface area contributed by atoms with Gasteiger partial charge in [-0.3, -0.25) is 4.79 Å². The molecule has 0 saturated carbocycles. The molecule has 2 heterocycles. The largest absolute Gasteiger partial charge is 0.497 e. The average molecular weight is 582 g/mol. The van der Waals surface area contributed by atoms with Crippen LogP contribution in [0, 0.1) is 5.82 Å². The fourth-order valence-corrected chi connectivity index (χ4v) is 5.31. The first-order valence-corrected chi connectivity index (χ1v) is 14.5. The van der Waals surface area contributed by atoms with Crippen LogP contribution >= 0.6 is 0 Å². The van der Waals surface area contributed by atoms with E-state index in [0.29, 0.717) is 12.2 Å². The molecular formula is C34H36FN5O3. The van der Waals surface area contributed by atoms with Gasteiger partial charge in [0.25, 0.3) is 0 Å². The lowest BCUT2D eigenvalue weighted by molar-refractivity contribution is -0.115. The zero-order valence-electron chi connectivity index (χ0n) is 24.5. The predicted octanol–water partition coefficient (Wildman–Crippen LogP) is 6.49. The van der Waals surface area contributed by atoms with E-state index in [1.807, 2.05) is 60.8 Å². The van der Waals surface area contributed by atoms with Crippen molar-refractivity contribution in [1.82, 2.24) is 25.1 Å². The summed E-state index contributed by atoms with van der Waals surface area (Å²) in [6.45, 7) is 2.16. The normalized spacial score (nSPS) is 16.8. The Morgan fingerprint density at radius 2 is 1.49 bits per heavy atom. The van der Waals surface area contributed by atoms with Gasteiger partial charge in [-0.05, 0) is 113 Å². The Morgan fingerprint density at radius 1 is 0.837 bits per heavy atom. The topological polar surface area (TPSA) is 82.4 Å². The molecule has 6 rings (SSSR count). The molecule has 0 bridgehead atoms. The van der Waals surface area contributed by atoms with E-state index in [0.717, 1.165) is 47.8 Å². The van der Waals surface area contributed by atoms with Crippen LogP contribution < -0.4 is 9.47 Å². The Hall–Kier alpha value is -4.79. The van der Waals surface area contributed by atoms with E-state index in [9.17, 15) is 9.18 Å². The Labute approximate surface area is 251 Å². The minimum Gasteiger partial charge on any atom is -0.497 e. The van der Waals surface area contributed by atoms with Crippen molar-refractivity contribution in [2.75, 3.05) is 27.3 Å². The van der Waals surface area contributed by atoms with Gasteiger partial charge in [0.15, 0.2) is 11.6 Å². The Kier molecular flexibility index (Phi) is 9.94. The number of halogens is 1. The number of aromatic nitrogens is 4. The first kappa shape index (κ1) is 29.7. The van der Waals surface area contributed by atoms with Crippen molar-refractivity contribution in [3.05, 3.63) is 108 Å². The molecule has 0 radical (unpaired) electrons. The smallest absolute Gasteiger partial charge is 0.181 e. The molecule has 3 aromatic carbocycles. The van der Waals surface area contributed by atoms with Crippen LogP contribution in [0.15, 0.2) is 85.1 Å². The number of benzene rings is 3. The summed E-state index contributed by atoms with van der Waals surface area (Å²) in [5.41, 5.74) is 4.09. The van der Waals surface area contributed by atoms with Crippen molar-refractivity contribution >= 4 is 17.4 Å². The van der Waals surface area contributed by atoms with Gasteiger partial charge in [0.05, 0.1) is 19.9 Å². The number of rotatable bonds is 7. The highest BCUT2D eigenvalue weighted by molar-refractivity contribution is 5.99. The number of ether oxygens (including phenoxy) is 2. The van der Waals surface area contributed by atoms with Crippen molar-refractivity contribution in [2.24, 2.45) is 0 Å². The van der Waals surface area contributed by atoms with Gasteiger partial charge in [-0.15, -0.1) is 5.10 Å². The van der Waals surface area contributed by atoms with Gasteiger partial charge in [-0.25, -0.2) is 4.39 Å². The van der Waals surface area contributed by atoms with E-state index in [1.54, 1.807) is 37.1 Å². The summed E-state index contributed by atoms with van der Waals surface area (Å²) in [5.74, 6) is 2.43. The third kappa shape index (κ3) is 7.94. The van der Waals surface area contributed by atoms with E-state index < -0.39 is 0 Å². The average Bonchev–Trinajstić information content (AvgIpc) is 3.53. The van der Waals surface area contributed by atoms with Crippen molar-refractivity contribution in [1.29, 1.82) is 0 Å². The summed E-state index contributed by atoms with van der Waals surface area (Å²) in [6, 6.07) is 22.0. The number of piperidine rings is 1. The lowest BCUT2D eigenvalue weighted by Crippen LogP contribution is -2.24. The molecule has 1 unspecified atom stereocenters. The molecule has 4 aromatic rings. The number of hydrogen-bond acceptors (Lipinski definition) is 7. The molecule has 1 saturated heterocycles. The van der Waals surface area contributed by atoms with E-state index >= 15 is 0 Å². The van der Waals surface area contributed by atoms with E-state index in [-0.39, 0.29) is 17.5 Å². The van der Waals surface area contributed by atoms with Crippen LogP contribution in [0.25, 0.3) is 17.3 Å². The molecule has 1 atom stereocenters. The number of likely N-dealkylation sites (tertiary alicyclic amines) is 1. The second-order valence-electron chi connectivity index (χ2n) is 10.6. The molecule has 43 heavy (non-hydrogen) atoms. The van der Waals surface area contributed by atoms with Gasteiger partial charge < -0.3 is 14.4 Å². The van der Waals surface area contributed by atoms with Gasteiger partial charge in [0.1, 0.15) is 17.3 Å². The highest BCUT2D eigenvalue weighted by Gasteiger charge is 2.23. The minimum absolute atomic E-state index is 0.183. The zero-order valence-corrected chi connectivity index (χ0v) is 24.5. The summed E-state index contributed by atoms with van der Waals surface area (Å²) < 4.78 is 24.9. The molecule has 222 valence electrons. The maximum absolute atomic E-state index is 12.9. The summed E-state index contributed by atoms with van der Waals surface area (Å²) in [4.78, 5) is 14.4. The number of carbonyl (C=O) groups excluding carboxylic acids is 1. The molecule has 0 amide bonds. The van der Waals surface area contributed by atoms with Gasteiger partial charge in [-0.1, -0.05) is 24.3 Å². The number of hydrogen-bond donors (Lipinski definition) is 0. The molecule has 2 aliphatic rings. The fourth-order valence-electron chi connectivity index (χ4n) is 5.31. The van der Waals surface area contributed by atoms with Crippen molar-refractivity contribution in [3.8, 4) is 17.2 Å². The van der Waals surface area contributed by atoms with Gasteiger partial charge in [0.2, 0.25) is 0 Å². The zero-order chi connectivity index (χ0) is 30.0. The van der Waals surface area contributed by atoms with E-state index in [2.05, 4.69) is 20.4 Å². The quantitative estimate of drug-likeness (QED) is 0.247. The number of ketones is 1. The summed E-state index contributed by atoms with van der Waals surface area (Å²) >= 11 is 0. The van der Waals surface area contributed by atoms with Crippen LogP contribution in [0.2, 0.25) is 0 Å². The Bertz CT molecular complexity index is 1540. The van der Waals surface area contributed by atoms with E-state index in [1.165, 1.54) is 37.0 Å². The minimum atomic E-state index is -0.271. The first-order chi connectivity index (χ1) is 21.0. The molecule has 0 spiro atoms. The number of allylic oxidation sites excluding steroid dienone is 2. The lowest BCUT2D eigenvalue weighted by atomic mass is 9.81.